The van der Waals surface area contributed by atoms with Gasteiger partial charge in [-0.05, 0) is 29.8 Å². The minimum absolute atomic E-state index is 0.311. The molecule has 0 aliphatic rings. The monoisotopic (exact) mass is 383 g/mol. The van der Waals surface area contributed by atoms with E-state index in [9.17, 15) is 0 Å². The van der Waals surface area contributed by atoms with Crippen LogP contribution in [0.5, 0.6) is 11.5 Å². The van der Waals surface area contributed by atoms with Gasteiger partial charge < -0.3 is 14.3 Å². The topological polar surface area (TPSA) is 40.0 Å². The van der Waals surface area contributed by atoms with Crippen LogP contribution in [0, 0.1) is 0 Å². The second kappa shape index (κ2) is 8.06. The van der Waals surface area contributed by atoms with Gasteiger partial charge >= 0.3 is 0 Å². The van der Waals surface area contributed by atoms with Crippen LogP contribution >= 0.6 is 27.5 Å². The molecular formula is C16H15BrClNO3. The van der Waals surface area contributed by atoms with E-state index in [0.717, 1.165) is 15.6 Å². The summed E-state index contributed by atoms with van der Waals surface area (Å²) in [6.07, 6.45) is 1.63. The molecule has 0 radical (unpaired) electrons. The fourth-order valence-electron chi connectivity index (χ4n) is 1.76. The minimum atomic E-state index is 0.311. The molecule has 4 nitrogen and oxygen atoms in total. The van der Waals surface area contributed by atoms with Gasteiger partial charge in [-0.2, -0.15) is 0 Å². The number of methoxy groups -OCH3 is 2. The second-order valence-corrected chi connectivity index (χ2v) is 5.65. The molecule has 2 aromatic carbocycles. The van der Waals surface area contributed by atoms with Crippen molar-refractivity contribution in [2.45, 2.75) is 6.61 Å². The Morgan fingerprint density at radius 2 is 1.73 bits per heavy atom. The van der Waals surface area contributed by atoms with Crippen molar-refractivity contribution >= 4 is 33.7 Å². The second-order valence-electron chi connectivity index (χ2n) is 4.36. The molecule has 0 aliphatic carbocycles. The molecule has 0 N–H and O–H groups in total. The van der Waals surface area contributed by atoms with E-state index in [0.29, 0.717) is 23.1 Å². The Hall–Kier alpha value is -1.72. The van der Waals surface area contributed by atoms with Gasteiger partial charge in [-0.25, -0.2) is 0 Å². The Balaban J connectivity index is 2.00. The van der Waals surface area contributed by atoms with Crippen molar-refractivity contribution in [3.05, 3.63) is 57.0 Å². The third-order valence-corrected chi connectivity index (χ3v) is 3.91. The molecule has 6 heteroatoms. The number of nitrogens with zero attached hydrogens (tertiary/aromatic N) is 1. The van der Waals surface area contributed by atoms with E-state index in [4.69, 9.17) is 25.9 Å². The van der Waals surface area contributed by atoms with Crippen LogP contribution in [-0.4, -0.2) is 20.4 Å². The van der Waals surface area contributed by atoms with Crippen LogP contribution in [0.4, 0.5) is 0 Å². The molecule has 0 heterocycles. The van der Waals surface area contributed by atoms with Crippen LogP contribution in [0.1, 0.15) is 11.1 Å². The summed E-state index contributed by atoms with van der Waals surface area (Å²) in [5.41, 5.74) is 1.82. The molecule has 0 aromatic heterocycles. The van der Waals surface area contributed by atoms with Gasteiger partial charge in [0, 0.05) is 15.1 Å². The maximum atomic E-state index is 5.82. The zero-order valence-corrected chi connectivity index (χ0v) is 14.5. The number of rotatable bonds is 6. The molecule has 0 amide bonds. The van der Waals surface area contributed by atoms with Crippen molar-refractivity contribution in [2.24, 2.45) is 5.16 Å². The van der Waals surface area contributed by atoms with Crippen molar-refractivity contribution in [3.8, 4) is 11.5 Å². The van der Waals surface area contributed by atoms with E-state index >= 15 is 0 Å². The number of hydrogen-bond donors (Lipinski definition) is 0. The maximum absolute atomic E-state index is 5.82. The first-order valence-electron chi connectivity index (χ1n) is 6.45. The molecular weight excluding hydrogens is 370 g/mol. The minimum Gasteiger partial charge on any atom is -0.493 e. The van der Waals surface area contributed by atoms with Gasteiger partial charge in [0.25, 0.3) is 0 Å². The van der Waals surface area contributed by atoms with Crippen LogP contribution in [0.15, 0.2) is 46.0 Å². The normalized spacial score (nSPS) is 10.7. The molecule has 0 unspecified atom stereocenters. The SMILES string of the molecule is COc1cc(Br)c(CO/N=C/c2ccc(Cl)cc2)cc1OC. The molecule has 0 atom stereocenters. The highest BCUT2D eigenvalue weighted by atomic mass is 79.9. The Morgan fingerprint density at radius 3 is 2.36 bits per heavy atom. The van der Waals surface area contributed by atoms with Gasteiger partial charge in [0.05, 0.1) is 20.4 Å². The van der Waals surface area contributed by atoms with Gasteiger partial charge in [-0.15, -0.1) is 0 Å². The Labute approximate surface area is 142 Å². The first-order valence-corrected chi connectivity index (χ1v) is 7.62. The average molecular weight is 385 g/mol. The van der Waals surface area contributed by atoms with Crippen molar-refractivity contribution in [2.75, 3.05) is 14.2 Å². The molecule has 2 rings (SSSR count). The standard InChI is InChI=1S/C16H15BrClNO3/c1-20-15-7-12(14(17)8-16(15)21-2)10-22-19-9-11-3-5-13(18)6-4-11/h3-9H,10H2,1-2H3/b19-9+. The summed E-state index contributed by atoms with van der Waals surface area (Å²) in [5, 5.41) is 4.63. The molecule has 0 bridgehead atoms. The Kier molecular flexibility index (Phi) is 6.10. The van der Waals surface area contributed by atoms with E-state index in [2.05, 4.69) is 21.1 Å². The molecule has 0 saturated carbocycles. The zero-order chi connectivity index (χ0) is 15.9. The van der Waals surface area contributed by atoms with E-state index < -0.39 is 0 Å². The van der Waals surface area contributed by atoms with E-state index in [1.54, 1.807) is 32.6 Å². The lowest BCUT2D eigenvalue weighted by Gasteiger charge is -2.11. The van der Waals surface area contributed by atoms with Crippen molar-refractivity contribution < 1.29 is 14.3 Å². The number of ether oxygens (including phenoxy) is 2. The lowest BCUT2D eigenvalue weighted by Crippen LogP contribution is -1.95. The number of oxime groups is 1. The van der Waals surface area contributed by atoms with Gasteiger partial charge in [-0.3, -0.25) is 0 Å². The predicted octanol–water partition coefficient (Wildman–Crippen LogP) is 4.67. The summed E-state index contributed by atoms with van der Waals surface area (Å²) < 4.78 is 11.4. The van der Waals surface area contributed by atoms with E-state index in [1.807, 2.05) is 24.3 Å². The molecule has 0 saturated heterocycles. The van der Waals surface area contributed by atoms with Crippen LogP contribution in [0.3, 0.4) is 0 Å². The number of halogens is 2. The van der Waals surface area contributed by atoms with Crippen molar-refractivity contribution in [1.29, 1.82) is 0 Å². The summed E-state index contributed by atoms with van der Waals surface area (Å²) in [6, 6.07) is 11.0. The largest absolute Gasteiger partial charge is 0.493 e. The molecule has 0 spiro atoms. The Bertz CT molecular complexity index is 659. The highest BCUT2D eigenvalue weighted by molar-refractivity contribution is 9.10. The van der Waals surface area contributed by atoms with Crippen LogP contribution in [-0.2, 0) is 11.4 Å². The van der Waals surface area contributed by atoms with Crippen LogP contribution in [0.2, 0.25) is 5.02 Å². The lowest BCUT2D eigenvalue weighted by molar-refractivity contribution is 0.131. The van der Waals surface area contributed by atoms with E-state index in [1.165, 1.54) is 0 Å². The van der Waals surface area contributed by atoms with Crippen LogP contribution < -0.4 is 9.47 Å². The summed E-state index contributed by atoms with van der Waals surface area (Å²) in [5.74, 6) is 1.30. The quantitative estimate of drug-likeness (QED) is 0.537. The van der Waals surface area contributed by atoms with Crippen molar-refractivity contribution in [1.82, 2.24) is 0 Å². The summed E-state index contributed by atoms with van der Waals surface area (Å²) in [6.45, 7) is 0.311. The lowest BCUT2D eigenvalue weighted by atomic mass is 10.2. The fourth-order valence-corrected chi connectivity index (χ4v) is 2.32. The van der Waals surface area contributed by atoms with Crippen LogP contribution in [0.25, 0.3) is 0 Å². The van der Waals surface area contributed by atoms with Gasteiger partial charge in [-0.1, -0.05) is 44.8 Å². The Morgan fingerprint density at radius 1 is 1.09 bits per heavy atom. The number of hydrogen-bond acceptors (Lipinski definition) is 4. The third kappa shape index (κ3) is 4.39. The number of benzene rings is 2. The first-order chi connectivity index (χ1) is 10.6. The zero-order valence-electron chi connectivity index (χ0n) is 12.2. The fraction of sp³-hybridized carbons (Fsp3) is 0.188. The molecule has 0 fully saturated rings. The maximum Gasteiger partial charge on any atom is 0.161 e. The summed E-state index contributed by atoms with van der Waals surface area (Å²) >= 11 is 9.29. The van der Waals surface area contributed by atoms with Gasteiger partial charge in [0.2, 0.25) is 0 Å². The van der Waals surface area contributed by atoms with Gasteiger partial charge in [0.15, 0.2) is 11.5 Å². The van der Waals surface area contributed by atoms with Crippen molar-refractivity contribution in [3.63, 3.8) is 0 Å². The molecule has 0 aliphatic heterocycles. The molecule has 116 valence electrons. The highest BCUT2D eigenvalue weighted by Gasteiger charge is 2.09. The molecule has 2 aromatic rings. The van der Waals surface area contributed by atoms with Gasteiger partial charge in [0.1, 0.15) is 6.61 Å². The molecule has 22 heavy (non-hydrogen) atoms. The first kappa shape index (κ1) is 16.6. The predicted molar refractivity (Wildman–Crippen MR) is 91.1 cm³/mol. The average Bonchev–Trinajstić information content (AvgIpc) is 2.54. The summed E-state index contributed by atoms with van der Waals surface area (Å²) in [4.78, 5) is 5.32. The summed E-state index contributed by atoms with van der Waals surface area (Å²) in [7, 11) is 3.19. The smallest absolute Gasteiger partial charge is 0.161 e. The third-order valence-electron chi connectivity index (χ3n) is 2.92. The highest BCUT2D eigenvalue weighted by Crippen LogP contribution is 2.33. The van der Waals surface area contributed by atoms with E-state index in [-0.39, 0.29) is 0 Å².